The van der Waals surface area contributed by atoms with Crippen molar-refractivity contribution in [3.63, 3.8) is 0 Å². The quantitative estimate of drug-likeness (QED) is 0.817. The van der Waals surface area contributed by atoms with Crippen molar-refractivity contribution in [1.29, 1.82) is 0 Å². The summed E-state index contributed by atoms with van der Waals surface area (Å²) in [5, 5.41) is 2.65. The van der Waals surface area contributed by atoms with Gasteiger partial charge < -0.3 is 15.0 Å². The molecule has 0 unspecified atom stereocenters. The Morgan fingerprint density at radius 2 is 1.59 bits per heavy atom. The van der Waals surface area contributed by atoms with Crippen LogP contribution in [0.25, 0.3) is 0 Å². The van der Waals surface area contributed by atoms with Crippen LogP contribution in [0, 0.1) is 0 Å². The molecule has 1 aliphatic heterocycles. The highest BCUT2D eigenvalue weighted by molar-refractivity contribution is 5.85. The highest BCUT2D eigenvalue weighted by Crippen LogP contribution is 2.10. The fourth-order valence-corrected chi connectivity index (χ4v) is 3.47. The second kappa shape index (κ2) is 10.6. The molecule has 0 aromatic heterocycles. The standard InChI is InChI=1S/C23H29N3O3/c1-19(24-23(28)29-18-21-11-6-3-7-12-21)22(27)26-14-8-13-25(15-16-26)17-20-9-4-2-5-10-20/h2-7,9-12,19H,8,13-18H2,1H3,(H,24,28)/t19-/m0/s1. The normalized spacial score (nSPS) is 16.0. The van der Waals surface area contributed by atoms with Gasteiger partial charge in [-0.3, -0.25) is 9.69 Å². The molecule has 2 amide bonds. The lowest BCUT2D eigenvalue weighted by atomic mass is 10.2. The smallest absolute Gasteiger partial charge is 0.408 e. The highest BCUT2D eigenvalue weighted by atomic mass is 16.5. The maximum absolute atomic E-state index is 12.8. The summed E-state index contributed by atoms with van der Waals surface area (Å²) in [7, 11) is 0. The lowest BCUT2D eigenvalue weighted by Gasteiger charge is -2.25. The predicted octanol–water partition coefficient (Wildman–Crippen LogP) is 3.04. The molecule has 1 saturated heterocycles. The van der Waals surface area contributed by atoms with E-state index in [2.05, 4.69) is 22.3 Å². The molecule has 0 saturated carbocycles. The Balaban J connectivity index is 1.43. The van der Waals surface area contributed by atoms with Crippen molar-refractivity contribution in [3.05, 3.63) is 71.8 Å². The molecule has 1 atom stereocenters. The lowest BCUT2D eigenvalue weighted by Crippen LogP contribution is -2.48. The third-order valence-electron chi connectivity index (χ3n) is 5.07. The van der Waals surface area contributed by atoms with Crippen LogP contribution >= 0.6 is 0 Å². The Hall–Kier alpha value is -2.86. The summed E-state index contributed by atoms with van der Waals surface area (Å²) in [6, 6.07) is 19.2. The van der Waals surface area contributed by atoms with Crippen LogP contribution in [0.2, 0.25) is 0 Å². The van der Waals surface area contributed by atoms with Crippen molar-refractivity contribution in [2.24, 2.45) is 0 Å². The molecule has 6 heteroatoms. The number of alkyl carbamates (subject to hydrolysis) is 1. The van der Waals surface area contributed by atoms with Crippen LogP contribution in [-0.2, 0) is 22.7 Å². The second-order valence-electron chi connectivity index (χ2n) is 7.37. The van der Waals surface area contributed by atoms with Crippen LogP contribution in [0.5, 0.6) is 0 Å². The summed E-state index contributed by atoms with van der Waals surface area (Å²) in [6.07, 6.45) is 0.347. The van der Waals surface area contributed by atoms with Gasteiger partial charge in [-0.05, 0) is 24.5 Å². The van der Waals surface area contributed by atoms with E-state index in [1.54, 1.807) is 6.92 Å². The fraction of sp³-hybridized carbons (Fsp3) is 0.391. The summed E-state index contributed by atoms with van der Waals surface area (Å²) in [6.45, 7) is 5.93. The Kier molecular flexibility index (Phi) is 7.64. The van der Waals surface area contributed by atoms with Crippen molar-refractivity contribution in [2.75, 3.05) is 26.2 Å². The average Bonchev–Trinajstić information content (AvgIpc) is 2.99. The van der Waals surface area contributed by atoms with E-state index in [1.165, 1.54) is 5.56 Å². The SMILES string of the molecule is C[C@H](NC(=O)OCc1ccccc1)C(=O)N1CCCN(Cc2ccccc2)CC1. The average molecular weight is 396 g/mol. The van der Waals surface area contributed by atoms with E-state index in [1.807, 2.05) is 53.4 Å². The van der Waals surface area contributed by atoms with Gasteiger partial charge >= 0.3 is 6.09 Å². The van der Waals surface area contributed by atoms with Crippen LogP contribution < -0.4 is 5.32 Å². The number of ether oxygens (including phenoxy) is 1. The van der Waals surface area contributed by atoms with E-state index < -0.39 is 12.1 Å². The minimum absolute atomic E-state index is 0.0665. The van der Waals surface area contributed by atoms with Gasteiger partial charge in [0.05, 0.1) is 0 Å². The van der Waals surface area contributed by atoms with Crippen LogP contribution in [0.3, 0.4) is 0 Å². The monoisotopic (exact) mass is 395 g/mol. The first-order valence-electron chi connectivity index (χ1n) is 10.1. The minimum Gasteiger partial charge on any atom is -0.445 e. The molecule has 1 heterocycles. The van der Waals surface area contributed by atoms with Crippen molar-refractivity contribution >= 4 is 12.0 Å². The molecule has 29 heavy (non-hydrogen) atoms. The van der Waals surface area contributed by atoms with Crippen molar-refractivity contribution < 1.29 is 14.3 Å². The molecule has 0 aliphatic carbocycles. The molecule has 154 valence electrons. The maximum atomic E-state index is 12.8. The summed E-state index contributed by atoms with van der Waals surface area (Å²) >= 11 is 0. The largest absolute Gasteiger partial charge is 0.445 e. The third kappa shape index (κ3) is 6.61. The fourth-order valence-electron chi connectivity index (χ4n) is 3.47. The number of nitrogens with one attached hydrogen (secondary N) is 1. The molecular weight excluding hydrogens is 366 g/mol. The number of hydrogen-bond acceptors (Lipinski definition) is 4. The number of carbonyl (C=O) groups is 2. The van der Waals surface area contributed by atoms with E-state index >= 15 is 0 Å². The van der Waals surface area contributed by atoms with Crippen molar-refractivity contribution in [1.82, 2.24) is 15.1 Å². The van der Waals surface area contributed by atoms with E-state index in [9.17, 15) is 9.59 Å². The van der Waals surface area contributed by atoms with Crippen LogP contribution in [0.4, 0.5) is 4.79 Å². The Morgan fingerprint density at radius 3 is 2.28 bits per heavy atom. The van der Waals surface area contributed by atoms with Gasteiger partial charge in [-0.25, -0.2) is 4.79 Å². The van der Waals surface area contributed by atoms with Gasteiger partial charge in [0, 0.05) is 32.7 Å². The summed E-state index contributed by atoms with van der Waals surface area (Å²) in [5.74, 6) is -0.0665. The Morgan fingerprint density at radius 1 is 0.931 bits per heavy atom. The zero-order valence-corrected chi connectivity index (χ0v) is 16.9. The molecule has 0 spiro atoms. The maximum Gasteiger partial charge on any atom is 0.408 e. The van der Waals surface area contributed by atoms with E-state index in [0.717, 1.165) is 31.6 Å². The van der Waals surface area contributed by atoms with Crippen molar-refractivity contribution in [3.8, 4) is 0 Å². The number of carbonyl (C=O) groups excluding carboxylic acids is 2. The molecule has 1 aliphatic rings. The van der Waals surface area contributed by atoms with Crippen LogP contribution in [-0.4, -0.2) is 54.0 Å². The summed E-state index contributed by atoms with van der Waals surface area (Å²) < 4.78 is 5.22. The van der Waals surface area contributed by atoms with Crippen LogP contribution in [0.15, 0.2) is 60.7 Å². The van der Waals surface area contributed by atoms with Gasteiger partial charge in [-0.1, -0.05) is 60.7 Å². The number of rotatable bonds is 6. The van der Waals surface area contributed by atoms with Gasteiger partial charge in [-0.15, -0.1) is 0 Å². The van der Waals surface area contributed by atoms with Gasteiger partial charge in [0.15, 0.2) is 0 Å². The molecule has 1 fully saturated rings. The van der Waals surface area contributed by atoms with Crippen LogP contribution in [0.1, 0.15) is 24.5 Å². The van der Waals surface area contributed by atoms with Gasteiger partial charge in [0.25, 0.3) is 0 Å². The predicted molar refractivity (Wildman–Crippen MR) is 112 cm³/mol. The first-order chi connectivity index (χ1) is 14.1. The van der Waals surface area contributed by atoms with E-state index in [-0.39, 0.29) is 12.5 Å². The Labute approximate surface area is 172 Å². The first kappa shape index (κ1) is 20.9. The first-order valence-corrected chi connectivity index (χ1v) is 10.1. The van der Waals surface area contributed by atoms with Gasteiger partial charge in [-0.2, -0.15) is 0 Å². The van der Waals surface area contributed by atoms with E-state index in [4.69, 9.17) is 4.74 Å². The second-order valence-corrected chi connectivity index (χ2v) is 7.37. The molecular formula is C23H29N3O3. The summed E-state index contributed by atoms with van der Waals surface area (Å²) in [5.41, 5.74) is 2.19. The lowest BCUT2D eigenvalue weighted by molar-refractivity contribution is -0.132. The van der Waals surface area contributed by atoms with E-state index in [0.29, 0.717) is 13.1 Å². The zero-order chi connectivity index (χ0) is 20.5. The van der Waals surface area contributed by atoms with Gasteiger partial charge in [0.2, 0.25) is 5.91 Å². The topological polar surface area (TPSA) is 61.9 Å². The summed E-state index contributed by atoms with van der Waals surface area (Å²) in [4.78, 5) is 29.0. The molecule has 2 aromatic rings. The third-order valence-corrected chi connectivity index (χ3v) is 5.07. The minimum atomic E-state index is -0.612. The van der Waals surface area contributed by atoms with Crippen molar-refractivity contribution in [2.45, 2.75) is 32.5 Å². The number of nitrogens with zero attached hydrogens (tertiary/aromatic N) is 2. The zero-order valence-electron chi connectivity index (χ0n) is 16.9. The molecule has 3 rings (SSSR count). The molecule has 2 aromatic carbocycles. The molecule has 0 radical (unpaired) electrons. The number of hydrogen-bond donors (Lipinski definition) is 1. The highest BCUT2D eigenvalue weighted by Gasteiger charge is 2.24. The molecule has 6 nitrogen and oxygen atoms in total. The molecule has 1 N–H and O–H groups in total. The number of amides is 2. The Bertz CT molecular complexity index is 782. The van der Waals surface area contributed by atoms with Gasteiger partial charge in [0.1, 0.15) is 12.6 Å². The number of benzene rings is 2. The molecule has 0 bridgehead atoms.